The van der Waals surface area contributed by atoms with Gasteiger partial charge in [-0.05, 0) is 11.6 Å². The minimum atomic E-state index is -0.439. The van der Waals surface area contributed by atoms with Crippen LogP contribution in [0, 0.1) is 11.3 Å². The summed E-state index contributed by atoms with van der Waals surface area (Å²) in [5, 5.41) is 17.0. The number of nitrogens with zero attached hydrogens (tertiary/aromatic N) is 2. The van der Waals surface area contributed by atoms with E-state index in [0.717, 1.165) is 16.8 Å². The largest absolute Gasteiger partial charge is 0.420 e. The second-order valence-electron chi connectivity index (χ2n) is 4.80. The van der Waals surface area contributed by atoms with E-state index in [-0.39, 0.29) is 5.88 Å². The van der Waals surface area contributed by atoms with E-state index in [9.17, 15) is 5.26 Å². The predicted molar refractivity (Wildman–Crippen MR) is 80.1 cm³/mol. The molecule has 0 saturated heterocycles. The second kappa shape index (κ2) is 5.72. The fourth-order valence-electron chi connectivity index (χ4n) is 2.58. The van der Waals surface area contributed by atoms with Crippen molar-refractivity contribution < 1.29 is 9.47 Å². The highest BCUT2D eigenvalue weighted by atomic mass is 35.5. The zero-order valence-electron chi connectivity index (χ0n) is 11.8. The number of benzene rings is 1. The van der Waals surface area contributed by atoms with Crippen LogP contribution in [0.3, 0.4) is 0 Å². The van der Waals surface area contributed by atoms with Crippen LogP contribution < -0.4 is 10.5 Å². The van der Waals surface area contributed by atoms with E-state index >= 15 is 0 Å². The van der Waals surface area contributed by atoms with Crippen LogP contribution in [0.4, 0.5) is 0 Å². The monoisotopic (exact) mass is 316 g/mol. The number of allylic oxidation sites excluding steroid dienone is 1. The molecule has 0 amide bonds. The average Bonchev–Trinajstić information content (AvgIpc) is 2.89. The summed E-state index contributed by atoms with van der Waals surface area (Å²) >= 11 is 6.31. The van der Waals surface area contributed by atoms with Gasteiger partial charge in [-0.2, -0.15) is 5.26 Å². The Balaban J connectivity index is 2.24. The molecule has 1 aliphatic heterocycles. The lowest BCUT2D eigenvalue weighted by Gasteiger charge is -2.24. The van der Waals surface area contributed by atoms with Gasteiger partial charge in [0.25, 0.3) is 0 Å². The van der Waals surface area contributed by atoms with E-state index in [2.05, 4.69) is 16.3 Å². The Labute approximate surface area is 132 Å². The summed E-state index contributed by atoms with van der Waals surface area (Å²) in [7, 11) is 1.58. The Morgan fingerprint density at radius 2 is 2.27 bits per heavy atom. The number of ether oxygens (including phenoxy) is 2. The number of aromatic amines is 1. The average molecular weight is 317 g/mol. The van der Waals surface area contributed by atoms with Gasteiger partial charge in [-0.3, -0.25) is 5.10 Å². The van der Waals surface area contributed by atoms with Crippen molar-refractivity contribution in [3.05, 3.63) is 57.6 Å². The number of hydrogen-bond donors (Lipinski definition) is 2. The molecule has 0 unspecified atom stereocenters. The summed E-state index contributed by atoms with van der Waals surface area (Å²) < 4.78 is 10.6. The summed E-state index contributed by atoms with van der Waals surface area (Å²) in [6.07, 6.45) is 0. The van der Waals surface area contributed by atoms with E-state index in [1.807, 2.05) is 18.2 Å². The topological polar surface area (TPSA) is 97.0 Å². The Morgan fingerprint density at radius 1 is 1.50 bits per heavy atom. The molecule has 2 aromatic rings. The van der Waals surface area contributed by atoms with Crippen molar-refractivity contribution in [2.24, 2.45) is 5.73 Å². The first-order valence-electron chi connectivity index (χ1n) is 6.55. The molecule has 112 valence electrons. The molecule has 7 heteroatoms. The summed E-state index contributed by atoms with van der Waals surface area (Å²) in [4.78, 5) is 0. The maximum Gasteiger partial charge on any atom is 0.244 e. The van der Waals surface area contributed by atoms with E-state index in [1.165, 1.54) is 0 Å². The number of nitriles is 1. The van der Waals surface area contributed by atoms with Crippen LogP contribution in [0.25, 0.3) is 0 Å². The molecular formula is C15H13ClN4O2. The molecule has 3 N–H and O–H groups in total. The molecule has 6 nitrogen and oxygen atoms in total. The van der Waals surface area contributed by atoms with Crippen LogP contribution in [0.15, 0.2) is 35.7 Å². The van der Waals surface area contributed by atoms with Crippen molar-refractivity contribution in [2.75, 3.05) is 7.11 Å². The molecule has 1 atom stereocenters. The minimum Gasteiger partial charge on any atom is -0.420 e. The van der Waals surface area contributed by atoms with Crippen molar-refractivity contribution in [1.82, 2.24) is 10.2 Å². The highest BCUT2D eigenvalue weighted by Gasteiger charge is 2.35. The highest BCUT2D eigenvalue weighted by Crippen LogP contribution is 2.44. The molecule has 0 fully saturated rings. The van der Waals surface area contributed by atoms with Gasteiger partial charge in [0.1, 0.15) is 11.6 Å². The molecule has 1 aliphatic rings. The van der Waals surface area contributed by atoms with Gasteiger partial charge in [-0.15, -0.1) is 5.10 Å². The smallest absolute Gasteiger partial charge is 0.244 e. The molecule has 0 saturated carbocycles. The van der Waals surface area contributed by atoms with Gasteiger partial charge in [0, 0.05) is 12.1 Å². The van der Waals surface area contributed by atoms with Crippen LogP contribution in [-0.2, 0) is 11.3 Å². The lowest BCUT2D eigenvalue weighted by Crippen LogP contribution is -2.21. The van der Waals surface area contributed by atoms with E-state index < -0.39 is 5.92 Å². The molecule has 0 radical (unpaired) electrons. The quantitative estimate of drug-likeness (QED) is 0.906. The second-order valence-corrected chi connectivity index (χ2v) is 5.21. The van der Waals surface area contributed by atoms with Gasteiger partial charge in [-0.25, -0.2) is 0 Å². The van der Waals surface area contributed by atoms with Gasteiger partial charge in [0.2, 0.25) is 11.8 Å². The van der Waals surface area contributed by atoms with Gasteiger partial charge in [0.15, 0.2) is 0 Å². The number of aromatic nitrogens is 2. The summed E-state index contributed by atoms with van der Waals surface area (Å²) in [6.45, 7) is 0.311. The third-order valence-electron chi connectivity index (χ3n) is 3.52. The van der Waals surface area contributed by atoms with Crippen molar-refractivity contribution in [3.8, 4) is 11.9 Å². The van der Waals surface area contributed by atoms with Crippen LogP contribution in [0.2, 0.25) is 5.02 Å². The lowest BCUT2D eigenvalue weighted by molar-refractivity contribution is 0.180. The summed E-state index contributed by atoms with van der Waals surface area (Å²) in [5.41, 5.74) is 8.39. The predicted octanol–water partition coefficient (Wildman–Crippen LogP) is 2.43. The fraction of sp³-hybridized carbons (Fsp3) is 0.200. The van der Waals surface area contributed by atoms with Gasteiger partial charge >= 0.3 is 0 Å². The Hall–Kier alpha value is -2.49. The van der Waals surface area contributed by atoms with Crippen LogP contribution in [0.1, 0.15) is 22.7 Å². The van der Waals surface area contributed by atoms with E-state index in [0.29, 0.717) is 23.1 Å². The molecular weight excluding hydrogens is 304 g/mol. The normalized spacial score (nSPS) is 16.9. The Kier molecular flexibility index (Phi) is 3.75. The number of methoxy groups -OCH3 is 1. The minimum absolute atomic E-state index is 0.0374. The molecule has 0 bridgehead atoms. The van der Waals surface area contributed by atoms with Crippen molar-refractivity contribution in [3.63, 3.8) is 0 Å². The first-order chi connectivity index (χ1) is 10.7. The molecule has 2 heterocycles. The standard InChI is InChI=1S/C15H13ClN4O2/c1-21-7-11-13-12(8-4-2-3-5-10(8)16)9(6-17)14(18)22-15(13)20-19-11/h2-5,12H,7,18H2,1H3,(H,19,20)/t12-/m1/s1. The summed E-state index contributed by atoms with van der Waals surface area (Å²) in [5.74, 6) is -0.0600. The molecule has 1 aromatic carbocycles. The summed E-state index contributed by atoms with van der Waals surface area (Å²) in [6, 6.07) is 9.44. The number of rotatable bonds is 3. The van der Waals surface area contributed by atoms with Gasteiger partial charge in [-0.1, -0.05) is 29.8 Å². The molecule has 1 aromatic heterocycles. The molecule has 0 spiro atoms. The number of fused-ring (bicyclic) bond motifs is 1. The molecule has 0 aliphatic carbocycles. The number of hydrogen-bond acceptors (Lipinski definition) is 5. The Bertz CT molecular complexity index is 791. The Morgan fingerprint density at radius 3 is 2.95 bits per heavy atom. The number of nitrogens with two attached hydrogens (primary N) is 1. The lowest BCUT2D eigenvalue weighted by atomic mass is 9.84. The third kappa shape index (κ3) is 2.21. The third-order valence-corrected chi connectivity index (χ3v) is 3.87. The molecule has 22 heavy (non-hydrogen) atoms. The zero-order valence-corrected chi connectivity index (χ0v) is 12.5. The zero-order chi connectivity index (χ0) is 15.7. The van der Waals surface area contributed by atoms with Gasteiger partial charge < -0.3 is 15.2 Å². The van der Waals surface area contributed by atoms with Crippen molar-refractivity contribution >= 4 is 11.6 Å². The fourth-order valence-corrected chi connectivity index (χ4v) is 2.83. The first kappa shape index (κ1) is 14.4. The highest BCUT2D eigenvalue weighted by molar-refractivity contribution is 6.31. The maximum absolute atomic E-state index is 9.50. The van der Waals surface area contributed by atoms with Crippen molar-refractivity contribution in [1.29, 1.82) is 5.26 Å². The first-order valence-corrected chi connectivity index (χ1v) is 6.93. The number of nitrogens with one attached hydrogen (secondary N) is 1. The SMILES string of the molecule is COCc1[nH]nc2c1[C@H](c1ccccc1Cl)C(C#N)=C(N)O2. The van der Waals surface area contributed by atoms with E-state index in [1.54, 1.807) is 13.2 Å². The maximum atomic E-state index is 9.50. The number of H-pyrrole nitrogens is 1. The van der Waals surface area contributed by atoms with Crippen LogP contribution in [0.5, 0.6) is 5.88 Å². The van der Waals surface area contributed by atoms with Crippen LogP contribution in [-0.4, -0.2) is 17.3 Å². The van der Waals surface area contributed by atoms with Crippen molar-refractivity contribution in [2.45, 2.75) is 12.5 Å². The van der Waals surface area contributed by atoms with Gasteiger partial charge in [0.05, 0.1) is 23.8 Å². The van der Waals surface area contributed by atoms with E-state index in [4.69, 9.17) is 26.8 Å². The van der Waals surface area contributed by atoms with Crippen LogP contribution >= 0.6 is 11.6 Å². The number of halogens is 1. The molecule has 3 rings (SSSR count).